The van der Waals surface area contributed by atoms with Crippen LogP contribution in [0.1, 0.15) is 11.4 Å². The van der Waals surface area contributed by atoms with Gasteiger partial charge in [0.2, 0.25) is 0 Å². The van der Waals surface area contributed by atoms with E-state index in [0.29, 0.717) is 0 Å². The quantitative estimate of drug-likeness (QED) is 0.254. The van der Waals surface area contributed by atoms with Gasteiger partial charge in [0.05, 0.1) is 0 Å². The summed E-state index contributed by atoms with van der Waals surface area (Å²) >= 11 is 0. The summed E-state index contributed by atoms with van der Waals surface area (Å²) in [7, 11) is 0.361. The van der Waals surface area contributed by atoms with Crippen LogP contribution in [0.2, 0.25) is 0 Å². The van der Waals surface area contributed by atoms with Crippen molar-refractivity contribution in [1.82, 2.24) is 10.2 Å². The van der Waals surface area contributed by atoms with Crippen molar-refractivity contribution >= 4 is 23.8 Å². The molecule has 1 aromatic rings. The van der Waals surface area contributed by atoms with Crippen molar-refractivity contribution in [1.29, 1.82) is 0 Å². The van der Waals surface area contributed by atoms with Crippen LogP contribution < -0.4 is 5.10 Å². The second-order valence-corrected chi connectivity index (χ2v) is 15.6. The van der Waals surface area contributed by atoms with Gasteiger partial charge in [0, 0.05) is 79.5 Å². The number of hydrogen-bond donors (Lipinski definition) is 0. The topological polar surface area (TPSA) is 27.0 Å². The largest absolute Gasteiger partial charge is 0.571 e. The zero-order valence-corrected chi connectivity index (χ0v) is 21.2. The van der Waals surface area contributed by atoms with Gasteiger partial charge in [-0.15, -0.1) is 0 Å². The zero-order valence-electron chi connectivity index (χ0n) is 16.6. The first-order valence-electron chi connectivity index (χ1n) is 7.36. The van der Waals surface area contributed by atoms with Gasteiger partial charge in [0.25, 0.3) is 0 Å². The van der Waals surface area contributed by atoms with Gasteiger partial charge in [-0.3, -0.25) is 0 Å². The molecule has 0 fully saturated rings. The molecule has 0 atom stereocenters. The second kappa shape index (κ2) is 16.6. The van der Waals surface area contributed by atoms with Crippen LogP contribution in [0.15, 0.2) is 6.07 Å². The van der Waals surface area contributed by atoms with Crippen molar-refractivity contribution in [3.63, 3.8) is 0 Å². The maximum absolute atomic E-state index is 11.7. The number of rotatable bonds is 0. The van der Waals surface area contributed by atoms with E-state index in [9.17, 15) is 26.3 Å². The molecular weight excluding hydrogens is 506 g/mol. The molecule has 2 nitrogen and oxygen atoms in total. The molecule has 0 bridgehead atoms. The summed E-state index contributed by atoms with van der Waals surface area (Å²) in [5, 5.41) is 4.72. The van der Waals surface area contributed by atoms with Gasteiger partial charge in [-0.25, -0.2) is 0 Å². The summed E-state index contributed by atoms with van der Waals surface area (Å²) in [6.45, 7) is 20.4. The molecule has 12 heteroatoms. The molecule has 1 rings (SSSR count). The Bertz CT molecular complexity index is 384. The van der Waals surface area contributed by atoms with E-state index >= 15 is 0 Å². The minimum absolute atomic E-state index is 0. The van der Waals surface area contributed by atoms with Crippen LogP contribution in [0.3, 0.4) is 0 Å². The van der Waals surface area contributed by atoms with E-state index < -0.39 is 23.7 Å². The Kier molecular flexibility index (Phi) is 21.9. The molecule has 1 radical (unpaired) electrons. The first-order chi connectivity index (χ1) is 10.9. The summed E-state index contributed by atoms with van der Waals surface area (Å²) in [6, 6.07) is -0.139. The van der Waals surface area contributed by atoms with Gasteiger partial charge in [0.1, 0.15) is 5.69 Å². The van der Waals surface area contributed by atoms with E-state index in [0.717, 1.165) is 0 Å². The van der Waals surface area contributed by atoms with Gasteiger partial charge in [-0.1, -0.05) is 0 Å². The van der Waals surface area contributed by atoms with Gasteiger partial charge in [-0.2, -0.15) is 26.3 Å². The number of halogens is 6. The number of nitrogens with zero attached hydrogens (tertiary/aromatic N) is 2. The van der Waals surface area contributed by atoms with Crippen LogP contribution in [0.4, 0.5) is 26.3 Å². The standard InChI is InChI=1S/C5HF6N2.3C3H9P.Rh/c6-4(7,8)2-1-3(13-12-2)5(9,10)11;3*1-4(2)3;/h1H;3*1-3H3;/q-1;;;;/p+3. The van der Waals surface area contributed by atoms with Crippen molar-refractivity contribution in [3.05, 3.63) is 17.5 Å². The molecule has 0 amide bonds. The van der Waals surface area contributed by atoms with E-state index in [1.165, 1.54) is 0 Å². The Labute approximate surface area is 169 Å². The van der Waals surface area contributed by atoms with Crippen LogP contribution in [-0.4, -0.2) is 65.1 Å². The van der Waals surface area contributed by atoms with E-state index in [1.807, 2.05) is 0 Å². The second-order valence-electron chi connectivity index (χ2n) is 6.61. The Hall–Kier alpha value is 0.703. The molecule has 0 spiro atoms. The summed E-state index contributed by atoms with van der Waals surface area (Å²) in [6.07, 6.45) is -9.78. The maximum Gasteiger partial charge on any atom is 0.431 e. The van der Waals surface area contributed by atoms with Gasteiger partial charge >= 0.3 is 12.4 Å². The molecule has 0 aliphatic heterocycles. The van der Waals surface area contributed by atoms with Crippen molar-refractivity contribution in [2.75, 3.05) is 60.0 Å². The minimum atomic E-state index is -4.89. The van der Waals surface area contributed by atoms with E-state index in [4.69, 9.17) is 0 Å². The monoisotopic (exact) mass is 537 g/mol. The molecule has 0 aromatic carbocycles. The maximum atomic E-state index is 11.7. The van der Waals surface area contributed by atoms with Crippen molar-refractivity contribution in [2.24, 2.45) is 0 Å². The average Bonchev–Trinajstić information content (AvgIpc) is 2.73. The van der Waals surface area contributed by atoms with Crippen LogP contribution in [0, 0.1) is 0 Å². The molecule has 161 valence electrons. The Morgan fingerprint density at radius 2 is 0.962 bits per heavy atom. The molecule has 0 aliphatic rings. The minimum Gasteiger partial charge on any atom is -0.571 e. The average molecular weight is 537 g/mol. The third-order valence-electron chi connectivity index (χ3n) is 1.12. The van der Waals surface area contributed by atoms with Gasteiger partial charge in [-0.05, 0) is 35.5 Å². The zero-order chi connectivity index (χ0) is 21.0. The van der Waals surface area contributed by atoms with E-state index in [2.05, 4.69) is 70.2 Å². The van der Waals surface area contributed by atoms with Crippen LogP contribution in [0.5, 0.6) is 0 Å². The molecule has 0 saturated carbocycles. The SMILES string of the molecule is C[PH+](C)C.C[PH+](C)C.C[PH+](C)C.FC(F)(F)c1cc(C(F)(F)F)[n-]n1.[Rh]. The molecule has 0 unspecified atom stereocenters. The molecule has 1 heterocycles. The van der Waals surface area contributed by atoms with Gasteiger partial charge in [0.15, 0.2) is 0 Å². The molecule has 0 saturated heterocycles. The first-order valence-corrected chi connectivity index (χ1v) is 16.4. The number of aromatic nitrogens is 2. The number of alkyl halides is 6. The third-order valence-corrected chi connectivity index (χ3v) is 1.12. The van der Waals surface area contributed by atoms with Crippen molar-refractivity contribution in [3.8, 4) is 0 Å². The summed E-state index contributed by atoms with van der Waals surface area (Å²) in [5.74, 6) is 0. The molecule has 0 aliphatic carbocycles. The molecule has 1 aromatic heterocycles. The van der Waals surface area contributed by atoms with Crippen molar-refractivity contribution in [2.45, 2.75) is 12.4 Å². The third kappa shape index (κ3) is 29.5. The van der Waals surface area contributed by atoms with Crippen molar-refractivity contribution < 1.29 is 45.8 Å². The summed E-state index contributed by atoms with van der Waals surface area (Å²) in [4.78, 5) is 0. The number of hydrogen-bond acceptors (Lipinski definition) is 1. The molecule has 0 N–H and O–H groups in total. The molecular formula is C14H31F6N2P3Rh+2. The first kappa shape index (κ1) is 34.2. The Balaban J connectivity index is -0.000000155. The summed E-state index contributed by atoms with van der Waals surface area (Å²) < 4.78 is 70.3. The van der Waals surface area contributed by atoms with Crippen LogP contribution in [0.25, 0.3) is 0 Å². The predicted molar refractivity (Wildman–Crippen MR) is 106 cm³/mol. The fraction of sp³-hybridized carbons (Fsp3) is 0.786. The van der Waals surface area contributed by atoms with Crippen LogP contribution in [-0.2, 0) is 31.8 Å². The predicted octanol–water partition coefficient (Wildman–Crippen LogP) is 5.34. The Morgan fingerprint density at radius 3 is 1.08 bits per heavy atom. The Morgan fingerprint density at radius 1 is 0.692 bits per heavy atom. The van der Waals surface area contributed by atoms with E-state index in [1.54, 1.807) is 0 Å². The van der Waals surface area contributed by atoms with Gasteiger partial charge < -0.3 is 10.2 Å². The smallest absolute Gasteiger partial charge is 0.431 e. The fourth-order valence-electron chi connectivity index (χ4n) is 0.572. The normalized spacial score (nSPS) is 10.8. The van der Waals surface area contributed by atoms with E-state index in [-0.39, 0.29) is 49.3 Å². The summed E-state index contributed by atoms with van der Waals surface area (Å²) in [5.41, 5.74) is -3.28. The fourth-order valence-corrected chi connectivity index (χ4v) is 0.572. The molecule has 26 heavy (non-hydrogen) atoms. The van der Waals surface area contributed by atoms with Crippen LogP contribution >= 0.6 is 23.8 Å².